The number of thioether (sulfide) groups is 1. The van der Waals surface area contributed by atoms with E-state index in [2.05, 4.69) is 35.2 Å². The van der Waals surface area contributed by atoms with Crippen LogP contribution in [-0.4, -0.2) is 34.9 Å². The summed E-state index contributed by atoms with van der Waals surface area (Å²) in [6, 6.07) is 18.4. The van der Waals surface area contributed by atoms with E-state index in [0.29, 0.717) is 11.0 Å². The van der Waals surface area contributed by atoms with Gasteiger partial charge in [-0.25, -0.2) is 0 Å². The average Bonchev–Trinajstić information content (AvgIpc) is 2.58. The summed E-state index contributed by atoms with van der Waals surface area (Å²) >= 11 is 1.95. The first-order chi connectivity index (χ1) is 11.3. The van der Waals surface area contributed by atoms with Crippen molar-refractivity contribution in [3.05, 3.63) is 60.2 Å². The minimum absolute atomic E-state index is 0.348. The molecule has 0 radical (unpaired) electrons. The average molecular weight is 327 g/mol. The zero-order valence-electron chi connectivity index (χ0n) is 13.5. The van der Waals surface area contributed by atoms with Crippen LogP contribution in [0.2, 0.25) is 0 Å². The molecule has 1 atom stereocenters. The van der Waals surface area contributed by atoms with Crippen molar-refractivity contribution in [2.75, 3.05) is 19.6 Å². The number of nitrogens with zero attached hydrogens (tertiary/aromatic N) is 1. The van der Waals surface area contributed by atoms with Crippen LogP contribution >= 0.6 is 11.8 Å². The summed E-state index contributed by atoms with van der Waals surface area (Å²) in [6.07, 6.45) is 5.00. The second-order valence-corrected chi connectivity index (χ2v) is 7.64. The van der Waals surface area contributed by atoms with E-state index in [1.807, 2.05) is 23.9 Å². The van der Waals surface area contributed by atoms with Crippen LogP contribution < -0.4 is 0 Å². The van der Waals surface area contributed by atoms with Crippen LogP contribution in [0.4, 0.5) is 0 Å². The minimum Gasteiger partial charge on any atom is -0.508 e. The number of likely N-dealkylation sites (tertiary alicyclic amines) is 1. The summed E-state index contributed by atoms with van der Waals surface area (Å²) in [5.41, 5.74) is 1.44. The van der Waals surface area contributed by atoms with Gasteiger partial charge in [-0.2, -0.15) is 0 Å². The van der Waals surface area contributed by atoms with Crippen molar-refractivity contribution >= 4 is 11.8 Å². The lowest BCUT2D eigenvalue weighted by Crippen LogP contribution is -2.37. The summed E-state index contributed by atoms with van der Waals surface area (Å²) in [5.74, 6) is 0.348. The molecule has 1 aliphatic rings. The Morgan fingerprint density at radius 3 is 2.61 bits per heavy atom. The molecule has 2 nitrogen and oxygen atoms in total. The molecule has 0 amide bonds. The SMILES string of the molecule is Oc1ccc(SC2CCCN(CCCc3ccccc3)C2)cc1. The number of phenols is 1. The van der Waals surface area contributed by atoms with Crippen molar-refractivity contribution < 1.29 is 5.11 Å². The third-order valence-electron chi connectivity index (χ3n) is 4.38. The normalized spacial score (nSPS) is 18.9. The lowest BCUT2D eigenvalue weighted by molar-refractivity contribution is 0.231. The monoisotopic (exact) mass is 327 g/mol. The van der Waals surface area contributed by atoms with Crippen molar-refractivity contribution in [3.8, 4) is 5.75 Å². The van der Waals surface area contributed by atoms with Crippen molar-refractivity contribution in [3.63, 3.8) is 0 Å². The largest absolute Gasteiger partial charge is 0.508 e. The van der Waals surface area contributed by atoms with Gasteiger partial charge in [0, 0.05) is 16.7 Å². The number of rotatable bonds is 6. The zero-order valence-corrected chi connectivity index (χ0v) is 14.3. The number of hydrogen-bond acceptors (Lipinski definition) is 3. The molecule has 1 unspecified atom stereocenters. The maximum atomic E-state index is 9.38. The van der Waals surface area contributed by atoms with Gasteiger partial charge in [0.1, 0.15) is 5.75 Å². The van der Waals surface area contributed by atoms with Gasteiger partial charge in [-0.15, -0.1) is 11.8 Å². The molecule has 3 heteroatoms. The Bertz CT molecular complexity index is 584. The van der Waals surface area contributed by atoms with Gasteiger partial charge in [0.25, 0.3) is 0 Å². The second kappa shape index (κ2) is 8.42. The first-order valence-corrected chi connectivity index (χ1v) is 9.39. The highest BCUT2D eigenvalue weighted by atomic mass is 32.2. The molecule has 2 aromatic carbocycles. The van der Waals surface area contributed by atoms with Crippen LogP contribution in [0.25, 0.3) is 0 Å². The fourth-order valence-electron chi connectivity index (χ4n) is 3.18. The maximum Gasteiger partial charge on any atom is 0.115 e. The van der Waals surface area contributed by atoms with E-state index in [-0.39, 0.29) is 0 Å². The molecule has 1 aliphatic heterocycles. The molecular weight excluding hydrogens is 302 g/mol. The van der Waals surface area contributed by atoms with E-state index in [9.17, 15) is 5.11 Å². The number of aromatic hydroxyl groups is 1. The number of benzene rings is 2. The van der Waals surface area contributed by atoms with Crippen LogP contribution in [0.3, 0.4) is 0 Å². The third kappa shape index (κ3) is 5.29. The minimum atomic E-state index is 0.348. The fourth-order valence-corrected chi connectivity index (χ4v) is 4.43. The molecule has 0 aliphatic carbocycles. The summed E-state index contributed by atoms with van der Waals surface area (Å²) < 4.78 is 0. The predicted molar refractivity (Wildman–Crippen MR) is 98.2 cm³/mol. The first kappa shape index (κ1) is 16.4. The lowest BCUT2D eigenvalue weighted by atomic mass is 10.1. The van der Waals surface area contributed by atoms with Crippen LogP contribution in [0.15, 0.2) is 59.5 Å². The highest BCUT2D eigenvalue weighted by molar-refractivity contribution is 8.00. The fraction of sp³-hybridized carbons (Fsp3) is 0.400. The molecule has 0 bridgehead atoms. The molecule has 1 fully saturated rings. The van der Waals surface area contributed by atoms with E-state index in [4.69, 9.17) is 0 Å². The lowest BCUT2D eigenvalue weighted by Gasteiger charge is -2.32. The van der Waals surface area contributed by atoms with Gasteiger partial charge in [0.15, 0.2) is 0 Å². The summed E-state index contributed by atoms with van der Waals surface area (Å²) in [6.45, 7) is 3.61. The quantitative estimate of drug-likeness (QED) is 0.840. The van der Waals surface area contributed by atoms with Gasteiger partial charge in [-0.05, 0) is 68.6 Å². The molecule has 0 aromatic heterocycles. The van der Waals surface area contributed by atoms with Gasteiger partial charge in [0.05, 0.1) is 0 Å². The molecular formula is C20H25NOS. The number of aryl methyl sites for hydroxylation is 1. The first-order valence-electron chi connectivity index (χ1n) is 8.51. The van der Waals surface area contributed by atoms with Crippen LogP contribution in [0.1, 0.15) is 24.8 Å². The number of hydrogen-bond donors (Lipinski definition) is 1. The summed E-state index contributed by atoms with van der Waals surface area (Å²) in [5, 5.41) is 10.0. The van der Waals surface area contributed by atoms with Crippen molar-refractivity contribution in [1.29, 1.82) is 0 Å². The summed E-state index contributed by atoms with van der Waals surface area (Å²) in [7, 11) is 0. The van der Waals surface area contributed by atoms with Gasteiger partial charge < -0.3 is 10.0 Å². The smallest absolute Gasteiger partial charge is 0.115 e. The van der Waals surface area contributed by atoms with Gasteiger partial charge >= 0.3 is 0 Å². The van der Waals surface area contributed by atoms with Crippen molar-refractivity contribution in [2.24, 2.45) is 0 Å². The number of piperidine rings is 1. The molecule has 122 valence electrons. The Kier molecular flexibility index (Phi) is 6.00. The van der Waals surface area contributed by atoms with Gasteiger partial charge in [-0.1, -0.05) is 30.3 Å². The Balaban J connectivity index is 1.43. The number of phenolic OH excluding ortho intramolecular Hbond substituents is 1. The van der Waals surface area contributed by atoms with Crippen molar-refractivity contribution in [1.82, 2.24) is 4.90 Å². The molecule has 1 heterocycles. The van der Waals surface area contributed by atoms with Crippen LogP contribution in [-0.2, 0) is 6.42 Å². The Labute approximate surface area is 143 Å². The summed E-state index contributed by atoms with van der Waals surface area (Å²) in [4.78, 5) is 3.88. The highest BCUT2D eigenvalue weighted by Gasteiger charge is 2.20. The molecule has 2 aromatic rings. The predicted octanol–water partition coefficient (Wildman–Crippen LogP) is 4.58. The Morgan fingerprint density at radius 1 is 1.04 bits per heavy atom. The Morgan fingerprint density at radius 2 is 1.83 bits per heavy atom. The van der Waals surface area contributed by atoms with E-state index < -0.39 is 0 Å². The van der Waals surface area contributed by atoms with Crippen LogP contribution in [0, 0.1) is 0 Å². The standard InChI is InChI=1S/C20H25NOS/c22-18-10-12-19(13-11-18)23-20-9-5-15-21(16-20)14-4-8-17-6-2-1-3-7-17/h1-3,6-7,10-13,20,22H,4-5,8-9,14-16H2. The van der Waals surface area contributed by atoms with E-state index in [0.717, 1.165) is 0 Å². The highest BCUT2D eigenvalue weighted by Crippen LogP contribution is 2.30. The van der Waals surface area contributed by atoms with E-state index in [1.54, 1.807) is 12.1 Å². The maximum absolute atomic E-state index is 9.38. The zero-order chi connectivity index (χ0) is 15.9. The molecule has 1 N–H and O–H groups in total. The topological polar surface area (TPSA) is 23.5 Å². The van der Waals surface area contributed by atoms with Gasteiger partial charge in [-0.3, -0.25) is 0 Å². The third-order valence-corrected chi connectivity index (χ3v) is 5.65. The molecule has 23 heavy (non-hydrogen) atoms. The van der Waals surface area contributed by atoms with Crippen LogP contribution in [0.5, 0.6) is 5.75 Å². The van der Waals surface area contributed by atoms with E-state index >= 15 is 0 Å². The van der Waals surface area contributed by atoms with Gasteiger partial charge in [0.2, 0.25) is 0 Å². The van der Waals surface area contributed by atoms with Crippen molar-refractivity contribution in [2.45, 2.75) is 35.8 Å². The second-order valence-electron chi connectivity index (χ2n) is 6.27. The molecule has 0 spiro atoms. The molecule has 1 saturated heterocycles. The Hall–Kier alpha value is -1.45. The molecule has 0 saturated carbocycles. The molecule has 3 rings (SSSR count). The van der Waals surface area contributed by atoms with E-state index in [1.165, 1.54) is 55.8 Å².